The van der Waals surface area contributed by atoms with Crippen molar-refractivity contribution >= 4 is 11.3 Å². The van der Waals surface area contributed by atoms with Crippen molar-refractivity contribution in [3.63, 3.8) is 0 Å². The molecule has 0 heterocycles. The molecule has 2 rings (SSSR count). The molecule has 2 N–H and O–H groups in total. The quantitative estimate of drug-likeness (QED) is 0.705. The zero-order valence-corrected chi connectivity index (χ0v) is 11.4. The highest BCUT2D eigenvalue weighted by Crippen LogP contribution is 2.47. The molecule has 0 fully saturated rings. The van der Waals surface area contributed by atoms with Crippen LogP contribution in [0.25, 0.3) is 5.57 Å². The molecule has 1 aliphatic rings. The van der Waals surface area contributed by atoms with Crippen molar-refractivity contribution in [1.82, 2.24) is 0 Å². The van der Waals surface area contributed by atoms with Gasteiger partial charge in [0, 0.05) is 11.3 Å². The van der Waals surface area contributed by atoms with Gasteiger partial charge in [-0.1, -0.05) is 52.0 Å². The smallest absolute Gasteiger partial charge is 0.0390 e. The lowest BCUT2D eigenvalue weighted by Crippen LogP contribution is -2.26. The molecule has 0 bridgehead atoms. The van der Waals surface area contributed by atoms with Crippen LogP contribution in [0.1, 0.15) is 46.1 Å². The SMILES string of the molecule is CC1(C)C=C(c2ccccc2N)CC(C)(C)C1. The Balaban J connectivity index is 2.46. The summed E-state index contributed by atoms with van der Waals surface area (Å²) in [5.74, 6) is 0. The highest BCUT2D eigenvalue weighted by molar-refractivity contribution is 5.76. The molecule has 17 heavy (non-hydrogen) atoms. The second-order valence-electron chi connectivity index (χ2n) is 6.76. The summed E-state index contributed by atoms with van der Waals surface area (Å²) >= 11 is 0. The molecule has 1 aromatic rings. The molecule has 0 atom stereocenters. The molecular weight excluding hydrogens is 206 g/mol. The summed E-state index contributed by atoms with van der Waals surface area (Å²) in [6.45, 7) is 9.32. The Morgan fingerprint density at radius 3 is 2.29 bits per heavy atom. The van der Waals surface area contributed by atoms with Crippen LogP contribution in [-0.2, 0) is 0 Å². The molecule has 0 amide bonds. The van der Waals surface area contributed by atoms with E-state index in [4.69, 9.17) is 5.73 Å². The third-order valence-electron chi connectivity index (χ3n) is 3.47. The molecule has 1 nitrogen and oxygen atoms in total. The van der Waals surface area contributed by atoms with Crippen LogP contribution in [0, 0.1) is 10.8 Å². The van der Waals surface area contributed by atoms with Gasteiger partial charge in [-0.25, -0.2) is 0 Å². The fourth-order valence-electron chi connectivity index (χ4n) is 3.35. The zero-order valence-electron chi connectivity index (χ0n) is 11.4. The van der Waals surface area contributed by atoms with E-state index in [-0.39, 0.29) is 5.41 Å². The molecule has 1 heteroatoms. The van der Waals surface area contributed by atoms with Gasteiger partial charge in [0.1, 0.15) is 0 Å². The summed E-state index contributed by atoms with van der Waals surface area (Å²) in [7, 11) is 0. The molecule has 0 saturated carbocycles. The number of benzene rings is 1. The molecule has 0 radical (unpaired) electrons. The lowest BCUT2D eigenvalue weighted by molar-refractivity contribution is 0.229. The van der Waals surface area contributed by atoms with Gasteiger partial charge in [-0.15, -0.1) is 0 Å². The van der Waals surface area contributed by atoms with Crippen molar-refractivity contribution < 1.29 is 0 Å². The second kappa shape index (κ2) is 3.90. The minimum absolute atomic E-state index is 0.263. The topological polar surface area (TPSA) is 26.0 Å². The van der Waals surface area contributed by atoms with E-state index in [0.717, 1.165) is 12.1 Å². The number of rotatable bonds is 1. The Kier molecular flexibility index (Phi) is 2.81. The first-order chi connectivity index (χ1) is 7.79. The fraction of sp³-hybridized carbons (Fsp3) is 0.500. The number of para-hydroxylation sites is 1. The summed E-state index contributed by atoms with van der Waals surface area (Å²) in [4.78, 5) is 0. The average molecular weight is 229 g/mol. The van der Waals surface area contributed by atoms with Gasteiger partial charge in [-0.3, -0.25) is 0 Å². The van der Waals surface area contributed by atoms with Crippen LogP contribution in [-0.4, -0.2) is 0 Å². The number of allylic oxidation sites excluding steroid dienone is 2. The minimum atomic E-state index is 0.263. The van der Waals surface area contributed by atoms with Gasteiger partial charge in [-0.05, 0) is 35.3 Å². The Morgan fingerprint density at radius 2 is 1.71 bits per heavy atom. The summed E-state index contributed by atoms with van der Waals surface area (Å²) in [5, 5.41) is 0. The predicted octanol–water partition coefficient (Wildman–Crippen LogP) is 4.50. The maximum absolute atomic E-state index is 6.09. The van der Waals surface area contributed by atoms with Crippen molar-refractivity contribution in [2.45, 2.75) is 40.5 Å². The van der Waals surface area contributed by atoms with E-state index >= 15 is 0 Å². The Hall–Kier alpha value is -1.24. The Morgan fingerprint density at radius 1 is 1.06 bits per heavy atom. The maximum atomic E-state index is 6.09. The van der Waals surface area contributed by atoms with Gasteiger partial charge in [0.25, 0.3) is 0 Å². The molecule has 0 unspecified atom stereocenters. The van der Waals surface area contributed by atoms with Gasteiger partial charge in [0.15, 0.2) is 0 Å². The Bertz CT molecular complexity index is 452. The van der Waals surface area contributed by atoms with E-state index in [2.05, 4.69) is 45.9 Å². The van der Waals surface area contributed by atoms with Gasteiger partial charge >= 0.3 is 0 Å². The van der Waals surface area contributed by atoms with Crippen molar-refractivity contribution in [2.24, 2.45) is 10.8 Å². The number of hydrogen-bond acceptors (Lipinski definition) is 1. The van der Waals surface area contributed by atoms with Crippen LogP contribution in [0.2, 0.25) is 0 Å². The third-order valence-corrected chi connectivity index (χ3v) is 3.47. The first kappa shape index (κ1) is 12.2. The van der Waals surface area contributed by atoms with Crippen LogP contribution >= 0.6 is 0 Å². The van der Waals surface area contributed by atoms with Crippen LogP contribution in [0.3, 0.4) is 0 Å². The summed E-state index contributed by atoms with van der Waals surface area (Å²) in [6.07, 6.45) is 4.75. The van der Waals surface area contributed by atoms with Gasteiger partial charge in [0.2, 0.25) is 0 Å². The van der Waals surface area contributed by atoms with Crippen LogP contribution in [0.5, 0.6) is 0 Å². The summed E-state index contributed by atoms with van der Waals surface area (Å²) in [6, 6.07) is 8.20. The predicted molar refractivity (Wildman–Crippen MR) is 75.6 cm³/mol. The molecule has 0 spiro atoms. The number of anilines is 1. The van der Waals surface area contributed by atoms with Crippen molar-refractivity contribution in [1.29, 1.82) is 0 Å². The van der Waals surface area contributed by atoms with Gasteiger partial charge < -0.3 is 5.73 Å². The summed E-state index contributed by atoms with van der Waals surface area (Å²) in [5.41, 5.74) is 10.2. The highest BCUT2D eigenvalue weighted by atomic mass is 14.6. The first-order valence-corrected chi connectivity index (χ1v) is 6.36. The van der Waals surface area contributed by atoms with E-state index in [9.17, 15) is 0 Å². The monoisotopic (exact) mass is 229 g/mol. The number of nitrogen functional groups attached to an aromatic ring is 1. The van der Waals surface area contributed by atoms with Crippen LogP contribution in [0.15, 0.2) is 30.3 Å². The third kappa shape index (κ3) is 2.71. The van der Waals surface area contributed by atoms with Crippen molar-refractivity contribution in [2.75, 3.05) is 5.73 Å². The first-order valence-electron chi connectivity index (χ1n) is 6.36. The van der Waals surface area contributed by atoms with E-state index in [1.807, 2.05) is 12.1 Å². The van der Waals surface area contributed by atoms with Crippen molar-refractivity contribution in [3.8, 4) is 0 Å². The van der Waals surface area contributed by atoms with E-state index in [0.29, 0.717) is 5.41 Å². The molecule has 0 aliphatic heterocycles. The van der Waals surface area contributed by atoms with Crippen LogP contribution < -0.4 is 5.73 Å². The van der Waals surface area contributed by atoms with E-state index in [1.165, 1.54) is 17.6 Å². The lowest BCUT2D eigenvalue weighted by atomic mass is 9.66. The molecular formula is C16H23N. The van der Waals surface area contributed by atoms with Crippen LogP contribution in [0.4, 0.5) is 5.69 Å². The maximum Gasteiger partial charge on any atom is 0.0390 e. The normalized spacial score (nSPS) is 22.0. The molecule has 0 saturated heterocycles. The lowest BCUT2D eigenvalue weighted by Gasteiger charge is -2.39. The zero-order chi connectivity index (χ0) is 12.7. The molecule has 92 valence electrons. The van der Waals surface area contributed by atoms with Crippen molar-refractivity contribution in [3.05, 3.63) is 35.9 Å². The fourth-order valence-corrected chi connectivity index (χ4v) is 3.35. The minimum Gasteiger partial charge on any atom is -0.398 e. The average Bonchev–Trinajstić information content (AvgIpc) is 2.13. The number of hydrogen-bond donors (Lipinski definition) is 1. The van der Waals surface area contributed by atoms with Gasteiger partial charge in [-0.2, -0.15) is 0 Å². The molecule has 1 aliphatic carbocycles. The summed E-state index contributed by atoms with van der Waals surface area (Å²) < 4.78 is 0. The molecule has 1 aromatic carbocycles. The standard InChI is InChI=1S/C16H23N/c1-15(2)9-12(10-16(3,4)11-15)13-7-5-6-8-14(13)17/h5-9H,10-11,17H2,1-4H3. The molecule has 0 aromatic heterocycles. The highest BCUT2D eigenvalue weighted by Gasteiger charge is 2.33. The van der Waals surface area contributed by atoms with E-state index in [1.54, 1.807) is 0 Å². The largest absolute Gasteiger partial charge is 0.398 e. The van der Waals surface area contributed by atoms with Gasteiger partial charge in [0.05, 0.1) is 0 Å². The van der Waals surface area contributed by atoms with E-state index < -0.39 is 0 Å². The Labute approximate surface area is 105 Å². The number of nitrogens with two attached hydrogens (primary N) is 1. The second-order valence-corrected chi connectivity index (χ2v) is 6.76.